The fourth-order valence-corrected chi connectivity index (χ4v) is 6.94. The van der Waals surface area contributed by atoms with Crippen LogP contribution in [0.25, 0.3) is 0 Å². The van der Waals surface area contributed by atoms with Gasteiger partial charge in [0.25, 0.3) is 0 Å². The van der Waals surface area contributed by atoms with Gasteiger partial charge in [0, 0.05) is 5.25 Å². The zero-order valence-corrected chi connectivity index (χ0v) is 12.2. The molecule has 0 saturated heterocycles. The minimum Gasteiger partial charge on any atom is -0.327 e. The van der Waals surface area contributed by atoms with Crippen molar-refractivity contribution < 1.29 is 22.5 Å². The van der Waals surface area contributed by atoms with E-state index in [0.717, 1.165) is 17.8 Å². The van der Waals surface area contributed by atoms with Gasteiger partial charge in [-0.1, -0.05) is 25.2 Å². The predicted octanol–water partition coefficient (Wildman–Crippen LogP) is 3.46. The first-order chi connectivity index (χ1) is 7.64. The quantitative estimate of drug-likeness (QED) is 0.763. The fourth-order valence-electron chi connectivity index (χ4n) is 0.758. The van der Waals surface area contributed by atoms with Gasteiger partial charge < -0.3 is 4.52 Å². The highest BCUT2D eigenvalue weighted by Gasteiger charge is 2.42. The van der Waals surface area contributed by atoms with Crippen molar-refractivity contribution in [1.82, 2.24) is 5.09 Å². The second-order valence-corrected chi connectivity index (χ2v) is 10.1. The monoisotopic (exact) mass is 309 g/mol. The van der Waals surface area contributed by atoms with Crippen molar-refractivity contribution in [3.63, 3.8) is 0 Å². The summed E-state index contributed by atoms with van der Waals surface area (Å²) >= 11 is 6.10. The van der Waals surface area contributed by atoms with Gasteiger partial charge in [-0.2, -0.15) is 13.2 Å². The third-order valence-corrected chi connectivity index (χ3v) is 7.60. The van der Waals surface area contributed by atoms with Gasteiger partial charge in [-0.05, 0) is 25.2 Å². The third-order valence-electron chi connectivity index (χ3n) is 1.69. The van der Waals surface area contributed by atoms with E-state index in [-0.39, 0.29) is 11.9 Å². The predicted molar refractivity (Wildman–Crippen MR) is 67.5 cm³/mol. The summed E-state index contributed by atoms with van der Waals surface area (Å²) in [5, 5.41) is 1.83. The molecule has 1 N–H and O–H groups in total. The number of nitrogens with one attached hydrogen (secondary N) is 1. The Morgan fingerprint density at radius 1 is 1.53 bits per heavy atom. The molecule has 0 aromatic heterocycles. The van der Waals surface area contributed by atoms with Gasteiger partial charge in [-0.25, -0.2) is 0 Å². The molecule has 0 rings (SSSR count). The summed E-state index contributed by atoms with van der Waals surface area (Å²) in [5.41, 5.74) is -3.01. The van der Waals surface area contributed by atoms with Crippen molar-refractivity contribution in [3.8, 4) is 0 Å². The molecule has 0 radical (unpaired) electrons. The van der Waals surface area contributed by atoms with E-state index in [0.29, 0.717) is 0 Å². The molecule has 2 unspecified atom stereocenters. The lowest BCUT2D eigenvalue weighted by Crippen LogP contribution is -2.34. The molecular weight excluding hydrogens is 294 g/mol. The second-order valence-electron chi connectivity index (χ2n) is 3.18. The summed E-state index contributed by atoms with van der Waals surface area (Å²) in [6, 6.07) is 0. The number of rotatable bonds is 6. The second kappa shape index (κ2) is 6.97. The molecular formula is C8H15F3NO2PS2. The lowest BCUT2D eigenvalue weighted by atomic mass is 10.4. The third kappa shape index (κ3) is 6.64. The van der Waals surface area contributed by atoms with E-state index in [1.54, 1.807) is 12.0 Å². The number of halogens is 3. The number of hydrogen-bond donors (Lipinski definition) is 1. The van der Waals surface area contributed by atoms with Crippen LogP contribution in [0.15, 0.2) is 0 Å². The van der Waals surface area contributed by atoms with Gasteiger partial charge >= 0.3 is 12.1 Å². The average Bonchev–Trinajstić information content (AvgIpc) is 2.15. The Bertz CT molecular complexity index is 312. The smallest absolute Gasteiger partial charge is 0.327 e. The molecule has 0 spiro atoms. The molecule has 0 saturated carbocycles. The Hall–Kier alpha value is 0.220. The highest BCUT2D eigenvalue weighted by Crippen LogP contribution is 2.58. The van der Waals surface area contributed by atoms with E-state index >= 15 is 0 Å². The standard InChI is InChI=1S/C8H15F3NO2PS2/c1-4-6(3)17-15(16,14-5-2)12-7(13)8(9,10)11/h6H,4-5H2,1-3H3,(H,12,13,16). The topological polar surface area (TPSA) is 38.3 Å². The van der Waals surface area contributed by atoms with E-state index in [1.165, 1.54) is 0 Å². The SMILES string of the molecule is CCOP(=S)(NC(=O)C(F)(F)F)SC(C)CC. The van der Waals surface area contributed by atoms with E-state index in [4.69, 9.17) is 16.3 Å². The summed E-state index contributed by atoms with van der Waals surface area (Å²) in [6.07, 6.45) is -4.20. The van der Waals surface area contributed by atoms with Crippen molar-refractivity contribution in [1.29, 1.82) is 0 Å². The van der Waals surface area contributed by atoms with Gasteiger partial charge in [0.1, 0.15) is 0 Å². The molecule has 0 aliphatic heterocycles. The van der Waals surface area contributed by atoms with E-state index in [1.807, 2.05) is 13.8 Å². The highest BCUT2D eigenvalue weighted by atomic mass is 32.9. The Kier molecular flexibility index (Phi) is 7.06. The number of alkyl halides is 3. The molecule has 9 heteroatoms. The number of carbonyl (C=O) groups is 1. The van der Waals surface area contributed by atoms with Crippen molar-refractivity contribution in [2.75, 3.05) is 6.61 Å². The molecule has 102 valence electrons. The van der Waals surface area contributed by atoms with E-state index in [2.05, 4.69) is 0 Å². The molecule has 0 bridgehead atoms. The average molecular weight is 309 g/mol. The van der Waals surface area contributed by atoms with E-state index < -0.39 is 17.7 Å². The van der Waals surface area contributed by atoms with Crippen LogP contribution in [0.5, 0.6) is 0 Å². The van der Waals surface area contributed by atoms with Gasteiger partial charge in [0.05, 0.1) is 6.61 Å². The first-order valence-corrected chi connectivity index (χ1v) is 9.17. The molecule has 0 heterocycles. The summed E-state index contributed by atoms with van der Waals surface area (Å²) in [6.45, 7) is 5.50. The van der Waals surface area contributed by atoms with Crippen LogP contribution < -0.4 is 5.09 Å². The van der Waals surface area contributed by atoms with Crippen LogP contribution in [0.1, 0.15) is 27.2 Å². The zero-order chi connectivity index (χ0) is 13.7. The van der Waals surface area contributed by atoms with Crippen LogP contribution in [0.2, 0.25) is 0 Å². The molecule has 0 aliphatic rings. The molecule has 17 heavy (non-hydrogen) atoms. The first-order valence-electron chi connectivity index (χ1n) is 4.97. The largest absolute Gasteiger partial charge is 0.471 e. The maximum absolute atomic E-state index is 12.1. The van der Waals surface area contributed by atoms with Crippen molar-refractivity contribution in [2.45, 2.75) is 38.6 Å². The Balaban J connectivity index is 4.73. The summed E-state index contributed by atoms with van der Waals surface area (Å²) < 4.78 is 41.5. The van der Waals surface area contributed by atoms with Gasteiger partial charge in [0.15, 0.2) is 0 Å². The highest BCUT2D eigenvalue weighted by molar-refractivity contribution is 8.69. The lowest BCUT2D eigenvalue weighted by Gasteiger charge is -2.24. The van der Waals surface area contributed by atoms with Gasteiger partial charge in [-0.15, -0.1) is 0 Å². The minimum absolute atomic E-state index is 0.0286. The van der Waals surface area contributed by atoms with Crippen LogP contribution >= 0.6 is 17.0 Å². The molecule has 1 amide bonds. The maximum atomic E-state index is 12.1. The molecule has 3 nitrogen and oxygen atoms in total. The first kappa shape index (κ1) is 17.2. The van der Waals surface area contributed by atoms with Crippen LogP contribution in [0, 0.1) is 0 Å². The minimum atomic E-state index is -4.93. The fraction of sp³-hybridized carbons (Fsp3) is 0.875. The molecule has 0 aliphatic carbocycles. The number of amides is 1. The van der Waals surface area contributed by atoms with Crippen LogP contribution in [-0.2, 0) is 21.1 Å². The summed E-state index contributed by atoms with van der Waals surface area (Å²) in [5.74, 6) is -2.04. The number of hydrogen-bond acceptors (Lipinski definition) is 4. The summed E-state index contributed by atoms with van der Waals surface area (Å²) in [7, 11) is 0. The normalized spacial score (nSPS) is 17.3. The van der Waals surface area contributed by atoms with Crippen LogP contribution in [0.4, 0.5) is 13.2 Å². The van der Waals surface area contributed by atoms with Crippen molar-refractivity contribution >= 4 is 34.7 Å². The van der Waals surface area contributed by atoms with Crippen molar-refractivity contribution in [3.05, 3.63) is 0 Å². The van der Waals surface area contributed by atoms with Crippen LogP contribution in [0.3, 0.4) is 0 Å². The van der Waals surface area contributed by atoms with Gasteiger partial charge in [0.2, 0.25) is 5.62 Å². The van der Waals surface area contributed by atoms with Gasteiger partial charge in [-0.3, -0.25) is 9.88 Å². The Morgan fingerprint density at radius 2 is 2.06 bits per heavy atom. The Labute approximate surface area is 108 Å². The van der Waals surface area contributed by atoms with E-state index in [9.17, 15) is 18.0 Å². The lowest BCUT2D eigenvalue weighted by molar-refractivity contribution is -0.171. The number of carbonyl (C=O) groups excluding carboxylic acids is 1. The molecule has 0 aromatic rings. The van der Waals surface area contributed by atoms with Crippen LogP contribution in [-0.4, -0.2) is 23.9 Å². The maximum Gasteiger partial charge on any atom is 0.471 e. The zero-order valence-electron chi connectivity index (χ0n) is 9.71. The molecule has 2 atom stereocenters. The Morgan fingerprint density at radius 3 is 2.41 bits per heavy atom. The van der Waals surface area contributed by atoms with Crippen molar-refractivity contribution in [2.24, 2.45) is 0 Å². The summed E-state index contributed by atoms with van der Waals surface area (Å²) in [4.78, 5) is 10.9. The molecule has 0 aromatic carbocycles. The molecule has 0 fully saturated rings.